The van der Waals surface area contributed by atoms with Gasteiger partial charge in [0.2, 0.25) is 0 Å². The largest absolute Gasteiger partial charge is 0.399 e. The molecule has 2 aromatic rings. The number of hydrogen-bond acceptors (Lipinski definition) is 3. The average molecular weight is 384 g/mol. The molecule has 0 radical (unpaired) electrons. The Labute approximate surface area is 129 Å². The predicted octanol–water partition coefficient (Wildman–Crippen LogP) is 3.53. The second kappa shape index (κ2) is 4.79. The fourth-order valence-electron chi connectivity index (χ4n) is 2.52. The lowest BCUT2D eigenvalue weighted by Crippen LogP contribution is -2.35. The van der Waals surface area contributed by atoms with Crippen molar-refractivity contribution < 1.29 is 4.79 Å². The fourth-order valence-corrected chi connectivity index (χ4v) is 3.84. The van der Waals surface area contributed by atoms with Crippen LogP contribution >= 0.6 is 33.9 Å². The lowest BCUT2D eigenvalue weighted by atomic mass is 10.1. The molecule has 1 aromatic heterocycles. The van der Waals surface area contributed by atoms with E-state index < -0.39 is 0 Å². The number of nitrogens with two attached hydrogens (primary N) is 1. The number of anilines is 2. The molecular formula is C14H13IN2OS. The minimum atomic E-state index is 0.0789. The van der Waals surface area contributed by atoms with Crippen molar-refractivity contribution in [3.63, 3.8) is 0 Å². The normalized spacial score (nSPS) is 17.6. The summed E-state index contributed by atoms with van der Waals surface area (Å²) in [5.74, 6) is 0.0789. The molecule has 5 heteroatoms. The predicted molar refractivity (Wildman–Crippen MR) is 87.9 cm³/mol. The monoisotopic (exact) mass is 384 g/mol. The summed E-state index contributed by atoms with van der Waals surface area (Å²) in [5.41, 5.74) is 9.49. The van der Waals surface area contributed by atoms with Crippen molar-refractivity contribution in [1.29, 1.82) is 0 Å². The van der Waals surface area contributed by atoms with E-state index in [0.717, 1.165) is 31.8 Å². The lowest BCUT2D eigenvalue weighted by molar-refractivity contribution is 0.0982. The fraction of sp³-hybridized carbons (Fsp3) is 0.214. The van der Waals surface area contributed by atoms with Gasteiger partial charge >= 0.3 is 0 Å². The Balaban J connectivity index is 2.00. The molecule has 0 spiro atoms. The minimum Gasteiger partial charge on any atom is -0.399 e. The first-order valence-electron chi connectivity index (χ1n) is 6.02. The molecule has 0 fully saturated rings. The summed E-state index contributed by atoms with van der Waals surface area (Å²) in [7, 11) is 0. The molecule has 0 saturated carbocycles. The highest BCUT2D eigenvalue weighted by Gasteiger charge is 2.31. The van der Waals surface area contributed by atoms with Gasteiger partial charge in [-0.25, -0.2) is 0 Å². The van der Waals surface area contributed by atoms with Gasteiger partial charge in [-0.15, -0.1) is 11.3 Å². The Morgan fingerprint density at radius 2 is 2.26 bits per heavy atom. The summed E-state index contributed by atoms with van der Waals surface area (Å²) >= 11 is 3.83. The Morgan fingerprint density at radius 1 is 1.47 bits per heavy atom. The Morgan fingerprint density at radius 3 is 2.95 bits per heavy atom. The van der Waals surface area contributed by atoms with Gasteiger partial charge in [0, 0.05) is 22.8 Å². The first kappa shape index (κ1) is 12.9. The quantitative estimate of drug-likeness (QED) is 0.604. The van der Waals surface area contributed by atoms with E-state index in [0.29, 0.717) is 0 Å². The molecule has 1 unspecified atom stereocenters. The van der Waals surface area contributed by atoms with E-state index in [4.69, 9.17) is 5.73 Å². The Bertz CT molecular complexity index is 653. The van der Waals surface area contributed by atoms with Gasteiger partial charge < -0.3 is 10.6 Å². The summed E-state index contributed by atoms with van der Waals surface area (Å²) in [5, 5.41) is 1.92. The molecule has 1 atom stereocenters. The molecule has 19 heavy (non-hydrogen) atoms. The van der Waals surface area contributed by atoms with Crippen LogP contribution in [-0.4, -0.2) is 11.9 Å². The number of amides is 1. The number of thiophene rings is 1. The van der Waals surface area contributed by atoms with Gasteiger partial charge in [-0.3, -0.25) is 4.79 Å². The van der Waals surface area contributed by atoms with E-state index in [1.807, 2.05) is 34.5 Å². The zero-order chi connectivity index (χ0) is 13.6. The third-order valence-electron chi connectivity index (χ3n) is 3.35. The van der Waals surface area contributed by atoms with Crippen LogP contribution in [-0.2, 0) is 6.42 Å². The SMILES string of the molecule is CC1Cc2cc(N)ccc2N1C(=O)c1csc(I)c1. The van der Waals surface area contributed by atoms with Crippen LogP contribution in [0.25, 0.3) is 0 Å². The van der Waals surface area contributed by atoms with Crippen molar-refractivity contribution in [2.45, 2.75) is 19.4 Å². The number of nitrogens with zero attached hydrogens (tertiary/aromatic N) is 1. The van der Waals surface area contributed by atoms with E-state index >= 15 is 0 Å². The van der Waals surface area contributed by atoms with E-state index in [2.05, 4.69) is 29.5 Å². The zero-order valence-electron chi connectivity index (χ0n) is 10.4. The smallest absolute Gasteiger partial charge is 0.259 e. The summed E-state index contributed by atoms with van der Waals surface area (Å²) in [6.07, 6.45) is 0.868. The minimum absolute atomic E-state index is 0.0789. The van der Waals surface area contributed by atoms with Crippen LogP contribution < -0.4 is 10.6 Å². The van der Waals surface area contributed by atoms with Crippen LogP contribution in [0.1, 0.15) is 22.8 Å². The summed E-state index contributed by atoms with van der Waals surface area (Å²) in [6.45, 7) is 2.07. The summed E-state index contributed by atoms with van der Waals surface area (Å²) in [4.78, 5) is 14.5. The highest BCUT2D eigenvalue weighted by Crippen LogP contribution is 2.35. The first-order valence-corrected chi connectivity index (χ1v) is 7.98. The van der Waals surface area contributed by atoms with Crippen LogP contribution in [0.3, 0.4) is 0 Å². The maximum Gasteiger partial charge on any atom is 0.259 e. The van der Waals surface area contributed by atoms with Crippen molar-refractivity contribution >= 4 is 51.2 Å². The van der Waals surface area contributed by atoms with Crippen LogP contribution in [0.2, 0.25) is 0 Å². The van der Waals surface area contributed by atoms with Gasteiger partial charge in [-0.05, 0) is 65.8 Å². The lowest BCUT2D eigenvalue weighted by Gasteiger charge is -2.22. The van der Waals surface area contributed by atoms with Gasteiger partial charge in [0.25, 0.3) is 5.91 Å². The highest BCUT2D eigenvalue weighted by molar-refractivity contribution is 14.1. The van der Waals surface area contributed by atoms with Crippen molar-refractivity contribution in [2.24, 2.45) is 0 Å². The van der Waals surface area contributed by atoms with Crippen LogP contribution in [0.5, 0.6) is 0 Å². The van der Waals surface area contributed by atoms with Crippen molar-refractivity contribution in [3.05, 3.63) is 43.7 Å². The van der Waals surface area contributed by atoms with E-state index in [-0.39, 0.29) is 11.9 Å². The molecule has 1 aromatic carbocycles. The molecule has 3 nitrogen and oxygen atoms in total. The second-order valence-corrected chi connectivity index (χ2v) is 7.56. The van der Waals surface area contributed by atoms with E-state index in [1.165, 1.54) is 0 Å². The van der Waals surface area contributed by atoms with Gasteiger partial charge in [0.05, 0.1) is 8.45 Å². The van der Waals surface area contributed by atoms with Gasteiger partial charge in [-0.1, -0.05) is 0 Å². The molecular weight excluding hydrogens is 371 g/mol. The third-order valence-corrected chi connectivity index (χ3v) is 5.14. The molecule has 2 N–H and O–H groups in total. The molecule has 98 valence electrons. The standard InChI is InChI=1S/C14H13IN2OS/c1-8-4-9-5-11(16)2-3-12(9)17(8)14(18)10-6-13(15)19-7-10/h2-3,5-8H,4,16H2,1H3. The molecule has 2 heterocycles. The van der Waals surface area contributed by atoms with Crippen LogP contribution in [0, 0.1) is 2.88 Å². The van der Waals surface area contributed by atoms with Crippen LogP contribution in [0.4, 0.5) is 11.4 Å². The highest BCUT2D eigenvalue weighted by atomic mass is 127. The maximum absolute atomic E-state index is 12.6. The molecule has 1 aliphatic heterocycles. The molecule has 1 aliphatic rings. The second-order valence-electron chi connectivity index (χ2n) is 4.76. The van der Waals surface area contributed by atoms with E-state index in [9.17, 15) is 4.79 Å². The van der Waals surface area contributed by atoms with E-state index in [1.54, 1.807) is 11.3 Å². The number of halogens is 1. The van der Waals surface area contributed by atoms with Crippen LogP contribution in [0.15, 0.2) is 29.6 Å². The number of carbonyl (C=O) groups is 1. The Hall–Kier alpha value is -1.08. The van der Waals surface area contributed by atoms with Crippen molar-refractivity contribution in [1.82, 2.24) is 0 Å². The Kier molecular flexibility index (Phi) is 3.26. The molecule has 0 bridgehead atoms. The number of carbonyl (C=O) groups excluding carboxylic acids is 1. The maximum atomic E-state index is 12.6. The van der Waals surface area contributed by atoms with Gasteiger partial charge in [0.1, 0.15) is 0 Å². The average Bonchev–Trinajstić information content (AvgIpc) is 2.91. The molecule has 0 aliphatic carbocycles. The third kappa shape index (κ3) is 2.25. The zero-order valence-corrected chi connectivity index (χ0v) is 13.4. The first-order chi connectivity index (χ1) is 9.06. The topological polar surface area (TPSA) is 46.3 Å². The number of rotatable bonds is 1. The molecule has 1 amide bonds. The van der Waals surface area contributed by atoms with Gasteiger partial charge in [-0.2, -0.15) is 0 Å². The number of hydrogen-bond donors (Lipinski definition) is 1. The van der Waals surface area contributed by atoms with Crippen molar-refractivity contribution in [3.8, 4) is 0 Å². The molecule has 0 saturated heterocycles. The molecule has 3 rings (SSSR count). The van der Waals surface area contributed by atoms with Crippen molar-refractivity contribution in [2.75, 3.05) is 10.6 Å². The summed E-state index contributed by atoms with van der Waals surface area (Å²) < 4.78 is 1.13. The number of nitrogen functional groups attached to an aromatic ring is 1. The number of benzene rings is 1. The van der Waals surface area contributed by atoms with Gasteiger partial charge in [0.15, 0.2) is 0 Å². The number of fused-ring (bicyclic) bond motifs is 1. The summed E-state index contributed by atoms with van der Waals surface area (Å²) in [6, 6.07) is 7.89.